The van der Waals surface area contributed by atoms with E-state index in [0.29, 0.717) is 0 Å². The molecule has 2 nitrogen and oxygen atoms in total. The summed E-state index contributed by atoms with van der Waals surface area (Å²) in [6.45, 7) is 3.36. The molecule has 0 fully saturated rings. The van der Waals surface area contributed by atoms with Crippen molar-refractivity contribution in [2.45, 2.75) is 64.8 Å². The van der Waals surface area contributed by atoms with E-state index in [2.05, 4.69) is 53.0 Å². The number of pyridine rings is 2. The lowest BCUT2D eigenvalue weighted by molar-refractivity contribution is -0.686. The summed E-state index contributed by atoms with van der Waals surface area (Å²) in [7, 11) is 0. The SMILES string of the molecule is CCCCCCCCCC[n+]1ccccc1-c1ccccn1. The number of aromatic nitrogens is 2. The summed E-state index contributed by atoms with van der Waals surface area (Å²) in [5.41, 5.74) is 2.27. The molecule has 2 aromatic heterocycles. The number of hydrogen-bond acceptors (Lipinski definition) is 1. The van der Waals surface area contributed by atoms with Gasteiger partial charge in [-0.1, -0.05) is 51.5 Å². The normalized spacial score (nSPS) is 10.8. The molecule has 2 heteroatoms. The molecule has 0 N–H and O–H groups in total. The van der Waals surface area contributed by atoms with E-state index in [1.807, 2.05) is 12.3 Å². The quantitative estimate of drug-likeness (QED) is 0.436. The Morgan fingerprint density at radius 3 is 2.27 bits per heavy atom. The van der Waals surface area contributed by atoms with Gasteiger partial charge in [0.15, 0.2) is 6.20 Å². The molecule has 0 atom stereocenters. The minimum Gasteiger partial charge on any atom is -0.250 e. The van der Waals surface area contributed by atoms with E-state index in [1.54, 1.807) is 0 Å². The van der Waals surface area contributed by atoms with Crippen LogP contribution in [-0.4, -0.2) is 4.98 Å². The van der Waals surface area contributed by atoms with Crippen LogP contribution < -0.4 is 4.57 Å². The second-order valence-corrected chi connectivity index (χ2v) is 5.97. The van der Waals surface area contributed by atoms with Crippen molar-refractivity contribution in [1.29, 1.82) is 0 Å². The van der Waals surface area contributed by atoms with E-state index < -0.39 is 0 Å². The summed E-state index contributed by atoms with van der Waals surface area (Å²) in [5.74, 6) is 0. The van der Waals surface area contributed by atoms with Gasteiger partial charge in [-0.3, -0.25) is 0 Å². The monoisotopic (exact) mass is 297 g/mol. The third-order valence-electron chi connectivity index (χ3n) is 4.12. The lowest BCUT2D eigenvalue weighted by Gasteiger charge is -2.04. The Balaban J connectivity index is 1.77. The summed E-state index contributed by atoms with van der Waals surface area (Å²) in [6.07, 6.45) is 14.9. The number of nitrogens with zero attached hydrogens (tertiary/aromatic N) is 2. The van der Waals surface area contributed by atoms with Crippen LogP contribution in [-0.2, 0) is 6.54 Å². The number of hydrogen-bond donors (Lipinski definition) is 0. The third kappa shape index (κ3) is 5.59. The second-order valence-electron chi connectivity index (χ2n) is 5.97. The summed E-state index contributed by atoms with van der Waals surface area (Å²) in [6, 6.07) is 12.5. The lowest BCUT2D eigenvalue weighted by atomic mass is 10.1. The van der Waals surface area contributed by atoms with Gasteiger partial charge in [0.05, 0.1) is 0 Å². The van der Waals surface area contributed by atoms with Crippen molar-refractivity contribution in [3.8, 4) is 11.4 Å². The molecule has 0 saturated heterocycles. The van der Waals surface area contributed by atoms with Crippen molar-refractivity contribution in [1.82, 2.24) is 4.98 Å². The molecule has 0 spiro atoms. The van der Waals surface area contributed by atoms with E-state index in [0.717, 1.165) is 12.2 Å². The van der Waals surface area contributed by atoms with Crippen molar-refractivity contribution < 1.29 is 4.57 Å². The minimum atomic E-state index is 1.06. The zero-order chi connectivity index (χ0) is 15.5. The smallest absolute Gasteiger partial charge is 0.231 e. The molecule has 0 unspecified atom stereocenters. The Morgan fingerprint density at radius 1 is 0.818 bits per heavy atom. The van der Waals surface area contributed by atoms with Crippen LogP contribution in [0.5, 0.6) is 0 Å². The van der Waals surface area contributed by atoms with Crippen LogP contribution in [0.1, 0.15) is 58.3 Å². The Morgan fingerprint density at radius 2 is 1.55 bits per heavy atom. The van der Waals surface area contributed by atoms with Gasteiger partial charge in [-0.15, -0.1) is 0 Å². The first kappa shape index (κ1) is 16.7. The largest absolute Gasteiger partial charge is 0.250 e. The van der Waals surface area contributed by atoms with Gasteiger partial charge < -0.3 is 0 Å². The molecule has 0 amide bonds. The fourth-order valence-corrected chi connectivity index (χ4v) is 2.83. The van der Waals surface area contributed by atoms with E-state index in [-0.39, 0.29) is 0 Å². The Kier molecular flexibility index (Phi) is 7.65. The highest BCUT2D eigenvalue weighted by atomic mass is 15.0. The molecule has 2 heterocycles. The van der Waals surface area contributed by atoms with E-state index in [1.165, 1.54) is 57.1 Å². The van der Waals surface area contributed by atoms with Gasteiger partial charge in [0.2, 0.25) is 5.69 Å². The number of aryl methyl sites for hydroxylation is 1. The summed E-state index contributed by atoms with van der Waals surface area (Å²) >= 11 is 0. The predicted octanol–water partition coefficient (Wildman–Crippen LogP) is 5.18. The maximum atomic E-state index is 4.48. The molecule has 22 heavy (non-hydrogen) atoms. The first-order valence-electron chi connectivity index (χ1n) is 8.81. The van der Waals surface area contributed by atoms with Crippen LogP contribution in [0.25, 0.3) is 11.4 Å². The Hall–Kier alpha value is -1.70. The van der Waals surface area contributed by atoms with Gasteiger partial charge in [0.25, 0.3) is 0 Å². The van der Waals surface area contributed by atoms with E-state index in [4.69, 9.17) is 0 Å². The summed E-state index contributed by atoms with van der Waals surface area (Å²) in [5, 5.41) is 0. The Labute approximate surface area is 135 Å². The standard InChI is InChI=1S/C20H29N2/c1-2-3-4-5-6-7-8-12-17-22-18-13-10-15-20(22)19-14-9-11-16-21-19/h9-11,13-16,18H,2-8,12,17H2,1H3/q+1. The van der Waals surface area contributed by atoms with Crippen molar-refractivity contribution >= 4 is 0 Å². The average Bonchev–Trinajstić information content (AvgIpc) is 2.58. The maximum absolute atomic E-state index is 4.48. The molecule has 0 aliphatic rings. The maximum Gasteiger partial charge on any atom is 0.231 e. The highest BCUT2D eigenvalue weighted by molar-refractivity contribution is 5.49. The molecule has 0 aliphatic carbocycles. The zero-order valence-corrected chi connectivity index (χ0v) is 13.9. The van der Waals surface area contributed by atoms with Crippen LogP contribution in [0, 0.1) is 0 Å². The van der Waals surface area contributed by atoms with Crippen LogP contribution in [0.4, 0.5) is 0 Å². The molecule has 2 aromatic rings. The molecule has 0 bridgehead atoms. The van der Waals surface area contributed by atoms with Crippen molar-refractivity contribution in [3.05, 3.63) is 48.8 Å². The van der Waals surface area contributed by atoms with Crippen LogP contribution in [0.15, 0.2) is 48.8 Å². The second kappa shape index (κ2) is 10.1. The first-order chi connectivity index (χ1) is 10.9. The van der Waals surface area contributed by atoms with Crippen molar-refractivity contribution in [2.75, 3.05) is 0 Å². The van der Waals surface area contributed by atoms with Crippen molar-refractivity contribution in [2.24, 2.45) is 0 Å². The molecular weight excluding hydrogens is 268 g/mol. The molecule has 118 valence electrons. The molecule has 2 rings (SSSR count). The summed E-state index contributed by atoms with van der Waals surface area (Å²) in [4.78, 5) is 4.48. The lowest BCUT2D eigenvalue weighted by Crippen LogP contribution is -2.35. The first-order valence-corrected chi connectivity index (χ1v) is 8.81. The van der Waals surface area contributed by atoms with Crippen LogP contribution >= 0.6 is 0 Å². The van der Waals surface area contributed by atoms with Crippen molar-refractivity contribution in [3.63, 3.8) is 0 Å². The fraction of sp³-hybridized carbons (Fsp3) is 0.500. The molecule has 0 aliphatic heterocycles. The third-order valence-corrected chi connectivity index (χ3v) is 4.12. The Bertz CT molecular complexity index is 522. The highest BCUT2D eigenvalue weighted by Crippen LogP contribution is 2.12. The molecule has 0 radical (unpaired) electrons. The number of rotatable bonds is 10. The average molecular weight is 297 g/mol. The number of unbranched alkanes of at least 4 members (excludes halogenated alkanes) is 7. The molecule has 0 saturated carbocycles. The van der Waals surface area contributed by atoms with Gasteiger partial charge in [0.1, 0.15) is 12.2 Å². The molecular formula is C20H29N2+. The van der Waals surface area contributed by atoms with Gasteiger partial charge in [-0.05, 0) is 24.6 Å². The van der Waals surface area contributed by atoms with E-state index >= 15 is 0 Å². The molecule has 0 aromatic carbocycles. The van der Waals surface area contributed by atoms with Crippen LogP contribution in [0.2, 0.25) is 0 Å². The van der Waals surface area contributed by atoms with E-state index in [9.17, 15) is 0 Å². The van der Waals surface area contributed by atoms with Gasteiger partial charge in [0, 0.05) is 24.8 Å². The van der Waals surface area contributed by atoms with Gasteiger partial charge in [-0.25, -0.2) is 4.98 Å². The predicted molar refractivity (Wildman–Crippen MR) is 92.5 cm³/mol. The fourth-order valence-electron chi connectivity index (χ4n) is 2.83. The minimum absolute atomic E-state index is 1.06. The highest BCUT2D eigenvalue weighted by Gasteiger charge is 2.12. The van der Waals surface area contributed by atoms with Crippen LogP contribution in [0.3, 0.4) is 0 Å². The zero-order valence-electron chi connectivity index (χ0n) is 13.9. The van der Waals surface area contributed by atoms with Gasteiger partial charge >= 0.3 is 0 Å². The van der Waals surface area contributed by atoms with Gasteiger partial charge in [-0.2, -0.15) is 4.57 Å². The topological polar surface area (TPSA) is 16.8 Å². The summed E-state index contributed by atoms with van der Waals surface area (Å²) < 4.78 is 2.33.